The standard InChI is InChI=1S/C18H32O3/c1-2-16-12-8-6-4-3-5-7-9-14-17(19)21-18(20)15-11-10-13-16/h16H,2-15H2,1H3. The third kappa shape index (κ3) is 9.65. The van der Waals surface area contributed by atoms with Crippen molar-refractivity contribution in [1.82, 2.24) is 0 Å². The van der Waals surface area contributed by atoms with Gasteiger partial charge in [-0.05, 0) is 18.8 Å². The van der Waals surface area contributed by atoms with Gasteiger partial charge in [0.1, 0.15) is 0 Å². The number of hydrogen-bond donors (Lipinski definition) is 0. The molecule has 3 nitrogen and oxygen atoms in total. The average molecular weight is 296 g/mol. The number of esters is 2. The van der Waals surface area contributed by atoms with Gasteiger partial charge < -0.3 is 4.74 Å². The lowest BCUT2D eigenvalue weighted by Crippen LogP contribution is -2.12. The molecule has 1 atom stereocenters. The van der Waals surface area contributed by atoms with E-state index in [-0.39, 0.29) is 11.9 Å². The van der Waals surface area contributed by atoms with Gasteiger partial charge in [0.2, 0.25) is 0 Å². The highest BCUT2D eigenvalue weighted by molar-refractivity contribution is 5.85. The highest BCUT2D eigenvalue weighted by Crippen LogP contribution is 2.21. The van der Waals surface area contributed by atoms with Gasteiger partial charge in [-0.3, -0.25) is 9.59 Å². The summed E-state index contributed by atoms with van der Waals surface area (Å²) >= 11 is 0. The largest absolute Gasteiger partial charge is 0.393 e. The molecule has 122 valence electrons. The summed E-state index contributed by atoms with van der Waals surface area (Å²) in [5, 5.41) is 0. The molecule has 1 rings (SSSR count). The van der Waals surface area contributed by atoms with Crippen LogP contribution in [0.25, 0.3) is 0 Å². The van der Waals surface area contributed by atoms with Crippen LogP contribution in [-0.2, 0) is 14.3 Å². The van der Waals surface area contributed by atoms with Gasteiger partial charge in [-0.15, -0.1) is 0 Å². The van der Waals surface area contributed by atoms with Gasteiger partial charge in [0, 0.05) is 12.8 Å². The first-order valence-corrected chi connectivity index (χ1v) is 8.96. The van der Waals surface area contributed by atoms with Crippen LogP contribution in [0.1, 0.15) is 96.8 Å². The van der Waals surface area contributed by atoms with Crippen LogP contribution in [-0.4, -0.2) is 11.9 Å². The van der Waals surface area contributed by atoms with Crippen molar-refractivity contribution in [2.75, 3.05) is 0 Å². The van der Waals surface area contributed by atoms with E-state index in [1.807, 2.05) is 0 Å². The average Bonchev–Trinajstić information content (AvgIpc) is 2.46. The molecule has 0 aromatic rings. The number of cyclic esters (lactones) is 2. The maximum absolute atomic E-state index is 11.5. The van der Waals surface area contributed by atoms with Gasteiger partial charge >= 0.3 is 11.9 Å². The lowest BCUT2D eigenvalue weighted by molar-refractivity contribution is -0.159. The molecule has 0 saturated carbocycles. The smallest absolute Gasteiger partial charge is 0.313 e. The zero-order chi connectivity index (χ0) is 15.3. The first-order chi connectivity index (χ1) is 10.2. The number of carbonyl (C=O) groups is 2. The van der Waals surface area contributed by atoms with Gasteiger partial charge in [0.15, 0.2) is 0 Å². The molecule has 1 saturated heterocycles. The molecule has 21 heavy (non-hydrogen) atoms. The van der Waals surface area contributed by atoms with Gasteiger partial charge in [0.05, 0.1) is 0 Å². The Kier molecular flexibility index (Phi) is 10.2. The van der Waals surface area contributed by atoms with Crippen molar-refractivity contribution < 1.29 is 14.3 Å². The summed E-state index contributed by atoms with van der Waals surface area (Å²) in [4.78, 5) is 23.0. The first kappa shape index (κ1) is 18.2. The van der Waals surface area contributed by atoms with E-state index < -0.39 is 0 Å². The minimum Gasteiger partial charge on any atom is -0.393 e. The number of hydrogen-bond acceptors (Lipinski definition) is 3. The molecule has 1 fully saturated rings. The van der Waals surface area contributed by atoms with Crippen LogP contribution >= 0.6 is 0 Å². The summed E-state index contributed by atoms with van der Waals surface area (Å²) in [5.74, 6) is 0.131. The van der Waals surface area contributed by atoms with E-state index in [1.54, 1.807) is 0 Å². The minimum absolute atomic E-state index is 0.336. The minimum atomic E-state index is -0.337. The Morgan fingerprint density at radius 1 is 0.762 bits per heavy atom. The summed E-state index contributed by atoms with van der Waals surface area (Å²) < 4.78 is 4.85. The second kappa shape index (κ2) is 11.8. The van der Waals surface area contributed by atoms with Crippen LogP contribution in [0.15, 0.2) is 0 Å². The van der Waals surface area contributed by atoms with E-state index in [4.69, 9.17) is 4.74 Å². The molecule has 0 spiro atoms. The molecule has 0 N–H and O–H groups in total. The molecule has 0 aromatic heterocycles. The lowest BCUT2D eigenvalue weighted by Gasteiger charge is -2.14. The highest BCUT2D eigenvalue weighted by atomic mass is 16.6. The fraction of sp³-hybridized carbons (Fsp3) is 0.889. The van der Waals surface area contributed by atoms with E-state index >= 15 is 0 Å². The molecule has 3 heteroatoms. The molecule has 0 bridgehead atoms. The third-order valence-electron chi connectivity index (χ3n) is 4.54. The zero-order valence-corrected chi connectivity index (χ0v) is 13.7. The number of carbonyl (C=O) groups excluding carboxylic acids is 2. The van der Waals surface area contributed by atoms with Gasteiger partial charge in [-0.25, -0.2) is 0 Å². The monoisotopic (exact) mass is 296 g/mol. The quantitative estimate of drug-likeness (QED) is 0.495. The Morgan fingerprint density at radius 3 is 1.76 bits per heavy atom. The number of rotatable bonds is 1. The fourth-order valence-electron chi connectivity index (χ4n) is 3.07. The molecular weight excluding hydrogens is 264 g/mol. The van der Waals surface area contributed by atoms with Crippen LogP contribution < -0.4 is 0 Å². The van der Waals surface area contributed by atoms with Crippen LogP contribution in [0.4, 0.5) is 0 Å². The van der Waals surface area contributed by atoms with Crippen molar-refractivity contribution in [3.8, 4) is 0 Å². The normalized spacial score (nSPS) is 25.1. The Morgan fingerprint density at radius 2 is 1.19 bits per heavy atom. The molecule has 0 aromatic carbocycles. The summed E-state index contributed by atoms with van der Waals surface area (Å²) in [6.07, 6.45) is 14.9. The van der Waals surface area contributed by atoms with Crippen molar-refractivity contribution in [2.45, 2.75) is 96.8 Å². The van der Waals surface area contributed by atoms with E-state index in [2.05, 4.69) is 6.92 Å². The summed E-state index contributed by atoms with van der Waals surface area (Å²) in [5.41, 5.74) is 0. The maximum atomic E-state index is 11.5. The van der Waals surface area contributed by atoms with Crippen LogP contribution in [0.2, 0.25) is 0 Å². The Hall–Kier alpha value is -0.860. The Balaban J connectivity index is 2.35. The van der Waals surface area contributed by atoms with Gasteiger partial charge in [-0.1, -0.05) is 71.1 Å². The molecule has 1 unspecified atom stereocenters. The number of ether oxygens (including phenoxy) is 1. The molecular formula is C18H32O3. The van der Waals surface area contributed by atoms with Crippen molar-refractivity contribution in [3.63, 3.8) is 0 Å². The van der Waals surface area contributed by atoms with Crippen molar-refractivity contribution in [1.29, 1.82) is 0 Å². The Labute approximate surface area is 129 Å². The maximum Gasteiger partial charge on any atom is 0.313 e. The summed E-state index contributed by atoms with van der Waals surface area (Å²) in [7, 11) is 0. The highest BCUT2D eigenvalue weighted by Gasteiger charge is 2.11. The van der Waals surface area contributed by atoms with Crippen molar-refractivity contribution >= 4 is 11.9 Å². The van der Waals surface area contributed by atoms with Crippen LogP contribution in [0.5, 0.6) is 0 Å². The second-order valence-electron chi connectivity index (χ2n) is 6.38. The van der Waals surface area contributed by atoms with E-state index in [0.717, 1.165) is 31.6 Å². The SMILES string of the molecule is CCC1CCCCCCCCCC(=O)OC(=O)CCCC1. The van der Waals surface area contributed by atoms with E-state index in [1.165, 1.54) is 51.4 Å². The topological polar surface area (TPSA) is 43.4 Å². The summed E-state index contributed by atoms with van der Waals surface area (Å²) in [6.45, 7) is 2.26. The Bertz CT molecular complexity index is 299. The van der Waals surface area contributed by atoms with Crippen molar-refractivity contribution in [3.05, 3.63) is 0 Å². The summed E-state index contributed by atoms with van der Waals surface area (Å²) in [6, 6.07) is 0. The van der Waals surface area contributed by atoms with Gasteiger partial charge in [-0.2, -0.15) is 0 Å². The van der Waals surface area contributed by atoms with Crippen molar-refractivity contribution in [2.24, 2.45) is 5.92 Å². The van der Waals surface area contributed by atoms with E-state index in [0.29, 0.717) is 12.8 Å². The third-order valence-corrected chi connectivity index (χ3v) is 4.54. The van der Waals surface area contributed by atoms with Crippen LogP contribution in [0, 0.1) is 5.92 Å². The molecule has 1 aliphatic rings. The molecule has 0 aliphatic carbocycles. The first-order valence-electron chi connectivity index (χ1n) is 8.96. The fourth-order valence-corrected chi connectivity index (χ4v) is 3.07. The second-order valence-corrected chi connectivity index (χ2v) is 6.38. The zero-order valence-electron chi connectivity index (χ0n) is 13.7. The van der Waals surface area contributed by atoms with Crippen LogP contribution in [0.3, 0.4) is 0 Å². The predicted octanol–water partition coefficient (Wildman–Crippen LogP) is 5.17. The van der Waals surface area contributed by atoms with E-state index in [9.17, 15) is 9.59 Å². The molecule has 0 amide bonds. The molecule has 1 aliphatic heterocycles. The molecule has 1 heterocycles. The predicted molar refractivity (Wildman–Crippen MR) is 84.9 cm³/mol. The molecule has 0 radical (unpaired) electrons. The lowest BCUT2D eigenvalue weighted by atomic mass is 9.92. The van der Waals surface area contributed by atoms with Gasteiger partial charge in [0.25, 0.3) is 0 Å².